The molecule has 0 saturated heterocycles. The third kappa shape index (κ3) is 17.5. The number of hydrogen-bond acceptors (Lipinski definition) is 1. The Hall–Kier alpha value is -0.465. The van der Waals surface area contributed by atoms with Crippen LogP contribution in [0.15, 0.2) is 0 Å². The number of carbonyl (C=O) groups is 1. The average molecular weight is 268 g/mol. The monoisotopic (exact) mass is 268 g/mol. The van der Waals surface area contributed by atoms with Crippen LogP contribution in [0.2, 0.25) is 6.32 Å². The summed E-state index contributed by atoms with van der Waals surface area (Å²) in [5, 5.41) is 8.50. The van der Waals surface area contributed by atoms with Crippen molar-refractivity contribution in [2.24, 2.45) is 0 Å². The minimum Gasteiger partial charge on any atom is -0.481 e. The lowest BCUT2D eigenvalue weighted by Gasteiger charge is -2.02. The summed E-state index contributed by atoms with van der Waals surface area (Å²) in [5.74, 6) is -0.654. The highest BCUT2D eigenvalue weighted by Crippen LogP contribution is 2.13. The molecule has 0 radical (unpaired) electrons. The Morgan fingerprint density at radius 2 is 0.947 bits per heavy atom. The van der Waals surface area contributed by atoms with Crippen molar-refractivity contribution in [1.82, 2.24) is 0 Å². The molecule has 0 aliphatic carbocycles. The van der Waals surface area contributed by atoms with Crippen LogP contribution in [0, 0.1) is 0 Å². The Morgan fingerprint density at radius 3 is 1.26 bits per heavy atom. The Labute approximate surface area is 120 Å². The highest BCUT2D eigenvalue weighted by molar-refractivity contribution is 6.08. The lowest BCUT2D eigenvalue weighted by molar-refractivity contribution is -0.137. The summed E-state index contributed by atoms with van der Waals surface area (Å²) in [6.45, 7) is 0. The van der Waals surface area contributed by atoms with Gasteiger partial charge < -0.3 is 5.11 Å². The van der Waals surface area contributed by atoms with Crippen LogP contribution in [0.1, 0.15) is 89.9 Å². The minimum atomic E-state index is -0.654. The Balaban J connectivity index is 2.93. The van der Waals surface area contributed by atoms with E-state index in [4.69, 9.17) is 5.11 Å². The highest BCUT2D eigenvalue weighted by atomic mass is 16.4. The molecule has 0 aromatic heterocycles. The Morgan fingerprint density at radius 1 is 0.632 bits per heavy atom. The summed E-state index contributed by atoms with van der Waals surface area (Å²) in [4.78, 5) is 10.3. The molecule has 0 aromatic rings. The topological polar surface area (TPSA) is 37.3 Å². The first-order chi connectivity index (χ1) is 9.27. The fourth-order valence-corrected chi connectivity index (χ4v) is 2.47. The van der Waals surface area contributed by atoms with Crippen molar-refractivity contribution in [1.29, 1.82) is 0 Å². The van der Waals surface area contributed by atoms with E-state index in [-0.39, 0.29) is 0 Å². The number of carboxylic acids is 1. The molecule has 0 amide bonds. The van der Waals surface area contributed by atoms with Gasteiger partial charge in [-0.05, 0) is 6.42 Å². The van der Waals surface area contributed by atoms with Crippen LogP contribution in [-0.2, 0) is 4.79 Å². The summed E-state index contributed by atoms with van der Waals surface area (Å²) < 4.78 is 0. The molecule has 0 rings (SSSR count). The van der Waals surface area contributed by atoms with E-state index in [1.54, 1.807) is 0 Å². The van der Waals surface area contributed by atoms with Gasteiger partial charge in [-0.3, -0.25) is 4.79 Å². The average Bonchev–Trinajstić information content (AvgIpc) is 2.39. The van der Waals surface area contributed by atoms with Crippen LogP contribution < -0.4 is 0 Å². The third-order valence-electron chi connectivity index (χ3n) is 3.74. The quantitative estimate of drug-likeness (QED) is 0.348. The molecular weight excluding hydrogens is 235 g/mol. The van der Waals surface area contributed by atoms with Gasteiger partial charge in [-0.15, -0.1) is 0 Å². The predicted octanol–water partition coefficient (Wildman–Crippen LogP) is 4.58. The fraction of sp³-hybridized carbons (Fsp3) is 0.938. The summed E-state index contributed by atoms with van der Waals surface area (Å²) in [5.41, 5.74) is 0. The van der Waals surface area contributed by atoms with E-state index in [1.807, 2.05) is 0 Å². The van der Waals surface area contributed by atoms with Gasteiger partial charge in [-0.25, -0.2) is 0 Å². The zero-order chi connectivity index (χ0) is 14.2. The van der Waals surface area contributed by atoms with Crippen molar-refractivity contribution in [3.05, 3.63) is 0 Å². The van der Waals surface area contributed by atoms with Crippen molar-refractivity contribution < 1.29 is 9.90 Å². The molecule has 1 N–H and O–H groups in total. The van der Waals surface area contributed by atoms with Crippen LogP contribution in [0.5, 0.6) is 0 Å². The number of unbranched alkanes of at least 4 members (excludes halogenated alkanes) is 12. The largest absolute Gasteiger partial charge is 0.481 e. The van der Waals surface area contributed by atoms with Crippen molar-refractivity contribution in [3.8, 4) is 0 Å². The van der Waals surface area contributed by atoms with E-state index < -0.39 is 5.97 Å². The summed E-state index contributed by atoms with van der Waals surface area (Å²) in [7, 11) is 2.27. The van der Waals surface area contributed by atoms with Crippen LogP contribution in [0.25, 0.3) is 0 Å². The van der Waals surface area contributed by atoms with Gasteiger partial charge in [0, 0.05) is 6.42 Å². The van der Waals surface area contributed by atoms with Crippen LogP contribution in [0.3, 0.4) is 0 Å². The molecule has 0 fully saturated rings. The van der Waals surface area contributed by atoms with Crippen LogP contribution in [-0.4, -0.2) is 18.9 Å². The second kappa shape index (κ2) is 15.6. The molecule has 0 atom stereocenters. The second-order valence-electron chi connectivity index (χ2n) is 5.74. The molecule has 0 saturated carbocycles. The fourth-order valence-electron chi connectivity index (χ4n) is 2.47. The predicted molar refractivity (Wildman–Crippen MR) is 85.6 cm³/mol. The van der Waals surface area contributed by atoms with E-state index in [2.05, 4.69) is 7.85 Å². The molecule has 0 spiro atoms. The zero-order valence-electron chi connectivity index (χ0n) is 13.0. The zero-order valence-corrected chi connectivity index (χ0v) is 13.0. The van der Waals surface area contributed by atoms with Crippen LogP contribution >= 0.6 is 0 Å². The molecular formula is C16H33BO2. The van der Waals surface area contributed by atoms with E-state index >= 15 is 0 Å². The molecule has 2 nitrogen and oxygen atoms in total. The normalized spacial score (nSPS) is 10.7. The smallest absolute Gasteiger partial charge is 0.303 e. The van der Waals surface area contributed by atoms with E-state index in [9.17, 15) is 4.79 Å². The lowest BCUT2D eigenvalue weighted by atomic mass is 9.98. The van der Waals surface area contributed by atoms with Gasteiger partial charge in [0.25, 0.3) is 0 Å². The first kappa shape index (κ1) is 18.5. The molecule has 0 aliphatic heterocycles. The number of hydrogen-bond donors (Lipinski definition) is 1. The van der Waals surface area contributed by atoms with Crippen molar-refractivity contribution in [2.75, 3.05) is 0 Å². The van der Waals surface area contributed by atoms with Crippen molar-refractivity contribution >= 4 is 13.8 Å². The third-order valence-corrected chi connectivity index (χ3v) is 3.74. The molecule has 0 bridgehead atoms. The standard InChI is InChI=1S/C16H33BO2/c17-15-13-11-9-7-5-3-1-2-4-6-8-10-12-14-16(18)19/h1-15,17H2,(H,18,19). The van der Waals surface area contributed by atoms with Gasteiger partial charge in [0.05, 0.1) is 0 Å². The van der Waals surface area contributed by atoms with E-state index in [0.717, 1.165) is 12.8 Å². The van der Waals surface area contributed by atoms with Gasteiger partial charge in [-0.2, -0.15) is 0 Å². The van der Waals surface area contributed by atoms with Gasteiger partial charge in [0.1, 0.15) is 7.85 Å². The van der Waals surface area contributed by atoms with Gasteiger partial charge in [0.2, 0.25) is 0 Å². The number of rotatable bonds is 15. The maximum Gasteiger partial charge on any atom is 0.303 e. The molecule has 0 unspecified atom stereocenters. The second-order valence-corrected chi connectivity index (χ2v) is 5.74. The molecule has 0 heterocycles. The summed E-state index contributed by atoms with van der Waals surface area (Å²) >= 11 is 0. The first-order valence-corrected chi connectivity index (χ1v) is 8.49. The maximum absolute atomic E-state index is 10.3. The SMILES string of the molecule is BCCCCCCCCCCCCCCCC(=O)O. The summed E-state index contributed by atoms with van der Waals surface area (Å²) in [6, 6.07) is 0. The first-order valence-electron chi connectivity index (χ1n) is 8.49. The molecule has 0 aliphatic rings. The molecule has 112 valence electrons. The van der Waals surface area contributed by atoms with Crippen LogP contribution in [0.4, 0.5) is 0 Å². The Bertz CT molecular complexity index is 195. The number of aliphatic carboxylic acids is 1. The Kier molecular flexibility index (Phi) is 15.2. The van der Waals surface area contributed by atoms with E-state index in [1.165, 1.54) is 76.9 Å². The van der Waals surface area contributed by atoms with Crippen molar-refractivity contribution in [3.63, 3.8) is 0 Å². The maximum atomic E-state index is 10.3. The molecule has 0 aromatic carbocycles. The lowest BCUT2D eigenvalue weighted by Crippen LogP contribution is -1.93. The highest BCUT2D eigenvalue weighted by Gasteiger charge is 1.96. The van der Waals surface area contributed by atoms with E-state index in [0.29, 0.717) is 6.42 Å². The van der Waals surface area contributed by atoms with Crippen molar-refractivity contribution in [2.45, 2.75) is 96.2 Å². The van der Waals surface area contributed by atoms with Gasteiger partial charge in [0.15, 0.2) is 0 Å². The van der Waals surface area contributed by atoms with Gasteiger partial charge in [-0.1, -0.05) is 83.4 Å². The summed E-state index contributed by atoms with van der Waals surface area (Å²) in [6.07, 6.45) is 18.7. The van der Waals surface area contributed by atoms with Gasteiger partial charge >= 0.3 is 5.97 Å². The minimum absolute atomic E-state index is 0.345. The number of carboxylic acid groups (broad SMARTS) is 1. The molecule has 3 heteroatoms. The molecule has 19 heavy (non-hydrogen) atoms.